The van der Waals surface area contributed by atoms with E-state index in [-0.39, 0.29) is 6.04 Å². The summed E-state index contributed by atoms with van der Waals surface area (Å²) in [6.45, 7) is 4.41. The van der Waals surface area contributed by atoms with Crippen molar-refractivity contribution in [1.82, 2.24) is 9.62 Å². The fourth-order valence-corrected chi connectivity index (χ4v) is 4.72. The zero-order valence-electron chi connectivity index (χ0n) is 14.0. The Balaban J connectivity index is 2.13. The van der Waals surface area contributed by atoms with Gasteiger partial charge in [0.2, 0.25) is 10.0 Å². The highest BCUT2D eigenvalue weighted by Gasteiger charge is 2.21. The second kappa shape index (κ2) is 7.57. The standard InChI is InChI=1S/C17H24N2O2S2/c1-5-15-10-11-17(22-15)23(20,21)18-12-16(19(3)4)14-8-6-13(2)7-9-14/h6-11,16,18H,5,12H2,1-4H3. The number of aryl methyl sites for hydroxylation is 2. The van der Waals surface area contributed by atoms with Crippen LogP contribution in [0.25, 0.3) is 0 Å². The van der Waals surface area contributed by atoms with Crippen LogP contribution in [0.3, 0.4) is 0 Å². The van der Waals surface area contributed by atoms with Gasteiger partial charge in [0.05, 0.1) is 0 Å². The van der Waals surface area contributed by atoms with Gasteiger partial charge in [0.1, 0.15) is 4.21 Å². The third kappa shape index (κ3) is 4.64. The molecule has 0 fully saturated rings. The van der Waals surface area contributed by atoms with Crippen molar-refractivity contribution in [2.45, 2.75) is 30.5 Å². The molecule has 1 aromatic heterocycles. The molecule has 1 heterocycles. The van der Waals surface area contributed by atoms with Gasteiger partial charge in [-0.3, -0.25) is 0 Å². The van der Waals surface area contributed by atoms with Gasteiger partial charge in [-0.1, -0.05) is 36.8 Å². The van der Waals surface area contributed by atoms with Gasteiger partial charge in [0.15, 0.2) is 0 Å². The van der Waals surface area contributed by atoms with Crippen molar-refractivity contribution in [3.8, 4) is 0 Å². The summed E-state index contributed by atoms with van der Waals surface area (Å²) in [5, 5.41) is 0. The number of thiophene rings is 1. The molecular formula is C17H24N2O2S2. The van der Waals surface area contributed by atoms with E-state index in [1.165, 1.54) is 16.9 Å². The maximum absolute atomic E-state index is 12.5. The Morgan fingerprint density at radius 3 is 2.30 bits per heavy atom. The van der Waals surface area contributed by atoms with Crippen molar-refractivity contribution < 1.29 is 8.42 Å². The molecule has 1 unspecified atom stereocenters. The molecule has 0 radical (unpaired) electrons. The lowest BCUT2D eigenvalue weighted by Gasteiger charge is -2.25. The normalized spacial score (nSPS) is 13.4. The van der Waals surface area contributed by atoms with E-state index in [0.29, 0.717) is 10.8 Å². The Labute approximate surface area is 143 Å². The monoisotopic (exact) mass is 352 g/mol. The van der Waals surface area contributed by atoms with Gasteiger partial charge in [-0.05, 0) is 45.1 Å². The summed E-state index contributed by atoms with van der Waals surface area (Å²) in [6.07, 6.45) is 0.851. The van der Waals surface area contributed by atoms with E-state index in [0.717, 1.165) is 16.9 Å². The molecule has 0 saturated carbocycles. The van der Waals surface area contributed by atoms with Crippen LogP contribution in [0.15, 0.2) is 40.6 Å². The minimum Gasteiger partial charge on any atom is -0.301 e. The second-order valence-electron chi connectivity index (χ2n) is 5.82. The quantitative estimate of drug-likeness (QED) is 0.832. The Morgan fingerprint density at radius 1 is 1.13 bits per heavy atom. The van der Waals surface area contributed by atoms with Crippen molar-refractivity contribution in [3.05, 3.63) is 52.4 Å². The molecule has 1 aromatic carbocycles. The lowest BCUT2D eigenvalue weighted by atomic mass is 10.0. The van der Waals surface area contributed by atoms with E-state index in [2.05, 4.69) is 16.9 Å². The molecule has 126 valence electrons. The Hall–Kier alpha value is -1.21. The Morgan fingerprint density at radius 2 is 1.78 bits per heavy atom. The fraction of sp³-hybridized carbons (Fsp3) is 0.412. The van der Waals surface area contributed by atoms with Crippen molar-refractivity contribution in [2.75, 3.05) is 20.6 Å². The summed E-state index contributed by atoms with van der Waals surface area (Å²) < 4.78 is 28.0. The molecule has 0 saturated heterocycles. The van der Waals surface area contributed by atoms with Crippen LogP contribution in [0.4, 0.5) is 0 Å². The number of rotatable bonds is 7. The minimum atomic E-state index is -3.45. The lowest BCUT2D eigenvalue weighted by molar-refractivity contribution is 0.299. The SMILES string of the molecule is CCc1ccc(S(=O)(=O)NCC(c2ccc(C)cc2)N(C)C)s1. The number of nitrogens with one attached hydrogen (secondary N) is 1. The summed E-state index contributed by atoms with van der Waals surface area (Å²) in [5.74, 6) is 0. The molecule has 0 aliphatic heterocycles. The van der Waals surface area contributed by atoms with Crippen molar-refractivity contribution in [2.24, 2.45) is 0 Å². The van der Waals surface area contributed by atoms with Gasteiger partial charge < -0.3 is 4.90 Å². The smallest absolute Gasteiger partial charge is 0.250 e. The van der Waals surface area contributed by atoms with Gasteiger partial charge >= 0.3 is 0 Å². The van der Waals surface area contributed by atoms with Crippen LogP contribution in [-0.4, -0.2) is 34.0 Å². The molecular weight excluding hydrogens is 328 g/mol. The van der Waals surface area contributed by atoms with Gasteiger partial charge in [0, 0.05) is 17.5 Å². The first kappa shape index (κ1) is 18.1. The molecule has 2 aromatic rings. The van der Waals surface area contributed by atoms with Crippen molar-refractivity contribution in [1.29, 1.82) is 0 Å². The Kier molecular flexibility index (Phi) is 5.97. The van der Waals surface area contributed by atoms with Crippen LogP contribution in [0, 0.1) is 6.92 Å². The van der Waals surface area contributed by atoms with Crippen LogP contribution in [-0.2, 0) is 16.4 Å². The van der Waals surface area contributed by atoms with Crippen LogP contribution in [0.1, 0.15) is 29.0 Å². The summed E-state index contributed by atoms with van der Waals surface area (Å²) in [7, 11) is 0.463. The van der Waals surface area contributed by atoms with E-state index in [1.54, 1.807) is 6.07 Å². The number of likely N-dealkylation sites (N-methyl/N-ethyl adjacent to an activating group) is 1. The van der Waals surface area contributed by atoms with E-state index >= 15 is 0 Å². The van der Waals surface area contributed by atoms with E-state index < -0.39 is 10.0 Å². The first-order valence-electron chi connectivity index (χ1n) is 7.65. The third-order valence-electron chi connectivity index (χ3n) is 3.80. The molecule has 0 bridgehead atoms. The zero-order chi connectivity index (χ0) is 17.0. The zero-order valence-corrected chi connectivity index (χ0v) is 15.7. The lowest BCUT2D eigenvalue weighted by Crippen LogP contribution is -2.34. The van der Waals surface area contributed by atoms with Gasteiger partial charge in [-0.15, -0.1) is 11.3 Å². The van der Waals surface area contributed by atoms with Crippen LogP contribution < -0.4 is 4.72 Å². The number of hydrogen-bond acceptors (Lipinski definition) is 4. The molecule has 23 heavy (non-hydrogen) atoms. The highest BCUT2D eigenvalue weighted by atomic mass is 32.2. The maximum atomic E-state index is 12.5. The summed E-state index contributed by atoms with van der Waals surface area (Å²) in [6, 6.07) is 11.8. The second-order valence-corrected chi connectivity index (χ2v) is 8.98. The molecule has 0 amide bonds. The van der Waals surface area contributed by atoms with E-state index in [9.17, 15) is 8.42 Å². The average molecular weight is 353 g/mol. The molecule has 4 nitrogen and oxygen atoms in total. The maximum Gasteiger partial charge on any atom is 0.250 e. The predicted molar refractivity (Wildman–Crippen MR) is 96.5 cm³/mol. The van der Waals surface area contributed by atoms with Gasteiger partial charge in [-0.2, -0.15) is 0 Å². The average Bonchev–Trinajstić information content (AvgIpc) is 2.98. The van der Waals surface area contributed by atoms with Crippen LogP contribution in [0.2, 0.25) is 0 Å². The topological polar surface area (TPSA) is 49.4 Å². The van der Waals surface area contributed by atoms with Crippen LogP contribution in [0.5, 0.6) is 0 Å². The van der Waals surface area contributed by atoms with E-state index in [1.807, 2.05) is 51.0 Å². The molecule has 1 atom stereocenters. The number of nitrogens with zero attached hydrogens (tertiary/aromatic N) is 1. The molecule has 2 rings (SSSR count). The highest BCUT2D eigenvalue weighted by molar-refractivity contribution is 7.91. The summed E-state index contributed by atoms with van der Waals surface area (Å²) >= 11 is 1.33. The predicted octanol–water partition coefficient (Wildman–Crippen LogP) is 3.20. The molecule has 0 aliphatic rings. The van der Waals surface area contributed by atoms with Crippen molar-refractivity contribution in [3.63, 3.8) is 0 Å². The Bertz CT molecular complexity index is 734. The molecule has 0 aliphatic carbocycles. The van der Waals surface area contributed by atoms with E-state index in [4.69, 9.17) is 0 Å². The molecule has 6 heteroatoms. The van der Waals surface area contributed by atoms with Crippen LogP contribution >= 0.6 is 11.3 Å². The number of benzene rings is 1. The number of hydrogen-bond donors (Lipinski definition) is 1. The summed E-state index contributed by atoms with van der Waals surface area (Å²) in [5.41, 5.74) is 2.29. The third-order valence-corrected chi connectivity index (χ3v) is 6.95. The summed E-state index contributed by atoms with van der Waals surface area (Å²) in [4.78, 5) is 3.10. The molecule has 1 N–H and O–H groups in total. The fourth-order valence-electron chi connectivity index (χ4n) is 2.34. The minimum absolute atomic E-state index is 0.00372. The first-order chi connectivity index (χ1) is 10.8. The van der Waals surface area contributed by atoms with Gasteiger partial charge in [-0.25, -0.2) is 13.1 Å². The first-order valence-corrected chi connectivity index (χ1v) is 9.95. The van der Waals surface area contributed by atoms with Crippen molar-refractivity contribution >= 4 is 21.4 Å². The largest absolute Gasteiger partial charge is 0.301 e. The number of sulfonamides is 1. The van der Waals surface area contributed by atoms with Gasteiger partial charge in [0.25, 0.3) is 0 Å². The highest BCUT2D eigenvalue weighted by Crippen LogP contribution is 2.23. The molecule has 0 spiro atoms.